The molecule has 1 aromatic heterocycles. The van der Waals surface area contributed by atoms with Gasteiger partial charge in [-0.2, -0.15) is 0 Å². The van der Waals surface area contributed by atoms with Crippen LogP contribution >= 0.6 is 0 Å². The molecule has 0 saturated heterocycles. The molecule has 3 atom stereocenters. The van der Waals surface area contributed by atoms with Gasteiger partial charge in [0.25, 0.3) is 5.91 Å². The smallest absolute Gasteiger partial charge is 0.337 e. The van der Waals surface area contributed by atoms with E-state index in [1.165, 1.54) is 31.9 Å². The highest BCUT2D eigenvalue weighted by atomic mass is 16.5. The minimum absolute atomic E-state index is 0.118. The number of carbonyl (C=O) groups excluding carboxylic acids is 1. The molecular formula is C26H26N2O5. The zero-order valence-corrected chi connectivity index (χ0v) is 18.4. The van der Waals surface area contributed by atoms with Crippen molar-refractivity contribution in [1.82, 2.24) is 4.98 Å². The molecule has 33 heavy (non-hydrogen) atoms. The van der Waals surface area contributed by atoms with E-state index in [1.807, 2.05) is 0 Å². The van der Waals surface area contributed by atoms with Crippen LogP contribution in [0.3, 0.4) is 0 Å². The molecule has 2 N–H and O–H groups in total. The van der Waals surface area contributed by atoms with Gasteiger partial charge in [0.2, 0.25) is 0 Å². The number of carboxylic acids is 1. The average molecular weight is 447 g/mol. The summed E-state index contributed by atoms with van der Waals surface area (Å²) in [6.07, 6.45) is 6.43. The summed E-state index contributed by atoms with van der Waals surface area (Å²) < 4.78 is 11.7. The molecule has 2 fully saturated rings. The van der Waals surface area contributed by atoms with Crippen LogP contribution in [-0.2, 0) is 0 Å². The average Bonchev–Trinajstić information content (AvgIpc) is 3.45. The second-order valence-electron chi connectivity index (χ2n) is 8.97. The fourth-order valence-corrected chi connectivity index (χ4v) is 5.29. The van der Waals surface area contributed by atoms with Crippen molar-refractivity contribution >= 4 is 28.5 Å². The molecule has 2 aliphatic carbocycles. The number of ether oxygens (including phenoxy) is 2. The molecule has 0 spiro atoms. The predicted molar refractivity (Wildman–Crippen MR) is 124 cm³/mol. The monoisotopic (exact) mass is 446 g/mol. The highest BCUT2D eigenvalue weighted by molar-refractivity contribution is 6.07. The Bertz CT molecular complexity index is 1220. The van der Waals surface area contributed by atoms with E-state index in [9.17, 15) is 9.59 Å². The van der Waals surface area contributed by atoms with E-state index in [1.54, 1.807) is 49.6 Å². The van der Waals surface area contributed by atoms with Gasteiger partial charge < -0.3 is 19.9 Å². The van der Waals surface area contributed by atoms with Crippen LogP contribution in [0.15, 0.2) is 48.7 Å². The Morgan fingerprint density at radius 3 is 2.76 bits per heavy atom. The van der Waals surface area contributed by atoms with Gasteiger partial charge in [0.1, 0.15) is 0 Å². The lowest BCUT2D eigenvalue weighted by Gasteiger charge is -2.23. The number of para-hydroxylation sites is 1. The number of amides is 1. The standard InChI is InChI=1S/C26H26N2O5/c1-32-23-4-2-3-21(24(23)33-14-19-10-15-5-6-16(19)9-15)25(29)28-20-8-7-17-11-18(26(30)31)13-27-22(17)12-20/h2-4,7-8,11-13,15-16,19H,5-6,9-10,14H2,1H3,(H,28,29)(H,30,31). The van der Waals surface area contributed by atoms with Gasteiger partial charge in [-0.3, -0.25) is 9.78 Å². The van der Waals surface area contributed by atoms with Crippen molar-refractivity contribution in [1.29, 1.82) is 0 Å². The van der Waals surface area contributed by atoms with E-state index in [0.717, 1.165) is 11.8 Å². The number of anilines is 1. The number of aromatic carboxylic acids is 1. The van der Waals surface area contributed by atoms with E-state index in [4.69, 9.17) is 14.6 Å². The number of hydrogen-bond acceptors (Lipinski definition) is 5. The summed E-state index contributed by atoms with van der Waals surface area (Å²) >= 11 is 0. The SMILES string of the molecule is COc1cccc(C(=O)Nc2ccc3cc(C(=O)O)cnc3c2)c1OCC1CC2CCC1C2. The first kappa shape index (κ1) is 21.2. The largest absolute Gasteiger partial charge is 0.493 e. The quantitative estimate of drug-likeness (QED) is 0.530. The highest BCUT2D eigenvalue weighted by Gasteiger charge is 2.39. The number of benzene rings is 2. The predicted octanol–water partition coefficient (Wildman–Crippen LogP) is 5.01. The molecule has 2 saturated carbocycles. The molecule has 7 heteroatoms. The molecule has 3 unspecified atom stereocenters. The summed E-state index contributed by atoms with van der Waals surface area (Å²) in [7, 11) is 1.57. The van der Waals surface area contributed by atoms with Crippen molar-refractivity contribution in [2.75, 3.05) is 19.0 Å². The van der Waals surface area contributed by atoms with Crippen LogP contribution in [0.1, 0.15) is 46.4 Å². The summed E-state index contributed by atoms with van der Waals surface area (Å²) in [5.41, 5.74) is 1.68. The lowest BCUT2D eigenvalue weighted by atomic mass is 9.89. The highest BCUT2D eigenvalue weighted by Crippen LogP contribution is 2.48. The number of nitrogens with zero attached hydrogens (tertiary/aromatic N) is 1. The van der Waals surface area contributed by atoms with Crippen LogP contribution in [0, 0.1) is 17.8 Å². The first-order valence-corrected chi connectivity index (χ1v) is 11.3. The minimum atomic E-state index is -1.03. The van der Waals surface area contributed by atoms with Crippen molar-refractivity contribution in [2.45, 2.75) is 25.7 Å². The Labute approximate surface area is 191 Å². The number of pyridine rings is 1. The zero-order valence-electron chi connectivity index (χ0n) is 18.4. The lowest BCUT2D eigenvalue weighted by molar-refractivity contribution is 0.0696. The third kappa shape index (κ3) is 4.23. The van der Waals surface area contributed by atoms with Crippen LogP contribution in [0.5, 0.6) is 11.5 Å². The van der Waals surface area contributed by atoms with Crippen molar-refractivity contribution in [3.8, 4) is 11.5 Å². The van der Waals surface area contributed by atoms with Crippen molar-refractivity contribution in [3.63, 3.8) is 0 Å². The third-order valence-electron chi connectivity index (χ3n) is 6.96. The van der Waals surface area contributed by atoms with Crippen LogP contribution in [0.25, 0.3) is 10.9 Å². The third-order valence-corrected chi connectivity index (χ3v) is 6.96. The Balaban J connectivity index is 1.35. The number of hydrogen-bond donors (Lipinski definition) is 2. The topological polar surface area (TPSA) is 97.8 Å². The van der Waals surface area contributed by atoms with E-state index in [0.29, 0.717) is 46.2 Å². The van der Waals surface area contributed by atoms with Gasteiger partial charge in [-0.1, -0.05) is 18.6 Å². The van der Waals surface area contributed by atoms with Crippen LogP contribution in [0.4, 0.5) is 5.69 Å². The fraction of sp³-hybridized carbons (Fsp3) is 0.346. The molecular weight excluding hydrogens is 420 g/mol. The fourth-order valence-electron chi connectivity index (χ4n) is 5.29. The number of methoxy groups -OCH3 is 1. The van der Waals surface area contributed by atoms with E-state index < -0.39 is 5.97 Å². The second kappa shape index (κ2) is 8.73. The van der Waals surface area contributed by atoms with E-state index in [2.05, 4.69) is 10.3 Å². The van der Waals surface area contributed by atoms with Gasteiger partial charge in [-0.05, 0) is 67.3 Å². The van der Waals surface area contributed by atoms with Gasteiger partial charge in [0.05, 0.1) is 30.4 Å². The Morgan fingerprint density at radius 1 is 1.15 bits per heavy atom. The summed E-state index contributed by atoms with van der Waals surface area (Å²) in [6.45, 7) is 0.591. The van der Waals surface area contributed by atoms with E-state index in [-0.39, 0.29) is 11.5 Å². The second-order valence-corrected chi connectivity index (χ2v) is 8.97. The van der Waals surface area contributed by atoms with Gasteiger partial charge in [-0.15, -0.1) is 0 Å². The normalized spacial score (nSPS) is 21.2. The van der Waals surface area contributed by atoms with Gasteiger partial charge in [0.15, 0.2) is 11.5 Å². The van der Waals surface area contributed by atoms with Crippen LogP contribution in [-0.4, -0.2) is 35.7 Å². The summed E-state index contributed by atoms with van der Waals surface area (Å²) in [4.78, 5) is 28.5. The molecule has 1 amide bonds. The lowest BCUT2D eigenvalue weighted by Crippen LogP contribution is -2.20. The number of carbonyl (C=O) groups is 2. The summed E-state index contributed by atoms with van der Waals surface area (Å²) in [5.74, 6) is 1.76. The number of rotatable bonds is 7. The van der Waals surface area contributed by atoms with Crippen molar-refractivity contribution in [3.05, 3.63) is 59.8 Å². The summed E-state index contributed by atoms with van der Waals surface area (Å²) in [5, 5.41) is 12.7. The molecule has 2 aromatic carbocycles. The Morgan fingerprint density at radius 2 is 2.03 bits per heavy atom. The maximum Gasteiger partial charge on any atom is 0.337 e. The number of carboxylic acid groups (broad SMARTS) is 1. The Kier molecular flexibility index (Phi) is 5.62. The van der Waals surface area contributed by atoms with Gasteiger partial charge in [-0.25, -0.2) is 4.79 Å². The molecule has 2 aliphatic rings. The van der Waals surface area contributed by atoms with Gasteiger partial charge >= 0.3 is 5.97 Å². The van der Waals surface area contributed by atoms with Crippen molar-refractivity contribution in [2.24, 2.45) is 17.8 Å². The van der Waals surface area contributed by atoms with Gasteiger partial charge in [0, 0.05) is 17.3 Å². The molecule has 170 valence electrons. The first-order chi connectivity index (χ1) is 16.0. The first-order valence-electron chi connectivity index (χ1n) is 11.3. The minimum Gasteiger partial charge on any atom is -0.493 e. The number of nitrogens with one attached hydrogen (secondary N) is 1. The molecule has 3 aromatic rings. The number of aromatic nitrogens is 1. The van der Waals surface area contributed by atoms with Crippen LogP contribution < -0.4 is 14.8 Å². The molecule has 7 nitrogen and oxygen atoms in total. The zero-order chi connectivity index (χ0) is 22.9. The molecule has 0 aliphatic heterocycles. The molecule has 2 bridgehead atoms. The van der Waals surface area contributed by atoms with E-state index >= 15 is 0 Å². The number of fused-ring (bicyclic) bond motifs is 3. The van der Waals surface area contributed by atoms with Crippen molar-refractivity contribution < 1.29 is 24.2 Å². The molecule has 5 rings (SSSR count). The molecule has 0 radical (unpaired) electrons. The Hall–Kier alpha value is -3.61. The summed E-state index contributed by atoms with van der Waals surface area (Å²) in [6, 6.07) is 12.0. The maximum absolute atomic E-state index is 13.2. The molecule has 1 heterocycles. The van der Waals surface area contributed by atoms with Crippen LogP contribution in [0.2, 0.25) is 0 Å². The maximum atomic E-state index is 13.2.